The smallest absolute Gasteiger partial charge is 0.337 e. The van der Waals surface area contributed by atoms with Crippen molar-refractivity contribution < 1.29 is 9.90 Å². The SMILES string of the molecule is N#Cc1c(C(=O)O)cc(-c2ccc(-c3ccccc3)cc2)nc1NCc1ccccc1. The number of aromatic nitrogens is 1. The molecule has 0 aliphatic carbocycles. The zero-order valence-electron chi connectivity index (χ0n) is 16.6. The number of hydrogen-bond acceptors (Lipinski definition) is 4. The summed E-state index contributed by atoms with van der Waals surface area (Å²) in [5, 5.41) is 22.4. The van der Waals surface area contributed by atoms with E-state index in [0.717, 1.165) is 22.3 Å². The van der Waals surface area contributed by atoms with Crippen LogP contribution in [0.4, 0.5) is 5.82 Å². The van der Waals surface area contributed by atoms with E-state index in [1.165, 1.54) is 6.07 Å². The molecule has 0 saturated heterocycles. The maximum atomic E-state index is 11.8. The first-order chi connectivity index (χ1) is 15.2. The van der Waals surface area contributed by atoms with E-state index in [1.807, 2.05) is 91.0 Å². The molecular weight excluding hydrogens is 386 g/mol. The van der Waals surface area contributed by atoms with Crippen LogP contribution in [0, 0.1) is 11.3 Å². The summed E-state index contributed by atoms with van der Waals surface area (Å²) in [6.07, 6.45) is 0. The second-order valence-electron chi connectivity index (χ2n) is 6.98. The number of anilines is 1. The molecule has 0 atom stereocenters. The molecule has 0 aliphatic heterocycles. The summed E-state index contributed by atoms with van der Waals surface area (Å²) in [4.78, 5) is 16.4. The Balaban J connectivity index is 1.71. The minimum Gasteiger partial charge on any atom is -0.478 e. The maximum absolute atomic E-state index is 11.8. The van der Waals surface area contributed by atoms with Crippen LogP contribution >= 0.6 is 0 Å². The van der Waals surface area contributed by atoms with E-state index in [4.69, 9.17) is 0 Å². The van der Waals surface area contributed by atoms with Crippen molar-refractivity contribution in [3.8, 4) is 28.5 Å². The molecule has 0 aliphatic rings. The molecule has 0 spiro atoms. The molecule has 1 aromatic heterocycles. The molecule has 5 nitrogen and oxygen atoms in total. The van der Waals surface area contributed by atoms with Gasteiger partial charge in [0.15, 0.2) is 0 Å². The van der Waals surface area contributed by atoms with E-state index in [2.05, 4.69) is 10.3 Å². The quantitative estimate of drug-likeness (QED) is 0.436. The third-order valence-corrected chi connectivity index (χ3v) is 4.95. The summed E-state index contributed by atoms with van der Waals surface area (Å²) in [6.45, 7) is 0.429. The number of carbonyl (C=O) groups is 1. The summed E-state index contributed by atoms with van der Waals surface area (Å²) in [5.41, 5.74) is 4.36. The number of nitriles is 1. The van der Waals surface area contributed by atoms with Gasteiger partial charge in [0.05, 0.1) is 11.3 Å². The molecule has 0 radical (unpaired) electrons. The van der Waals surface area contributed by atoms with Gasteiger partial charge in [0.25, 0.3) is 0 Å². The van der Waals surface area contributed by atoms with E-state index in [-0.39, 0.29) is 16.9 Å². The minimum atomic E-state index is -1.16. The van der Waals surface area contributed by atoms with Crippen molar-refractivity contribution in [2.45, 2.75) is 6.54 Å². The summed E-state index contributed by atoms with van der Waals surface area (Å²) in [7, 11) is 0. The van der Waals surface area contributed by atoms with Crippen LogP contribution in [-0.2, 0) is 6.54 Å². The molecule has 3 aromatic carbocycles. The van der Waals surface area contributed by atoms with E-state index >= 15 is 0 Å². The Morgan fingerprint density at radius 3 is 2.06 bits per heavy atom. The minimum absolute atomic E-state index is 0.0214. The van der Waals surface area contributed by atoms with E-state index in [0.29, 0.717) is 12.2 Å². The fourth-order valence-electron chi connectivity index (χ4n) is 3.35. The molecule has 0 unspecified atom stereocenters. The van der Waals surface area contributed by atoms with Crippen molar-refractivity contribution in [2.24, 2.45) is 0 Å². The first-order valence-corrected chi connectivity index (χ1v) is 9.78. The molecule has 4 rings (SSSR count). The topological polar surface area (TPSA) is 86.0 Å². The van der Waals surface area contributed by atoms with Crippen molar-refractivity contribution >= 4 is 11.8 Å². The molecule has 5 heteroatoms. The molecule has 4 aromatic rings. The van der Waals surface area contributed by atoms with E-state index in [1.54, 1.807) is 0 Å². The fourth-order valence-corrected chi connectivity index (χ4v) is 3.35. The van der Waals surface area contributed by atoms with Crippen LogP contribution in [0.1, 0.15) is 21.5 Å². The van der Waals surface area contributed by atoms with Gasteiger partial charge in [-0.1, -0.05) is 84.9 Å². The summed E-state index contributed by atoms with van der Waals surface area (Å²) >= 11 is 0. The van der Waals surface area contributed by atoms with Gasteiger partial charge < -0.3 is 10.4 Å². The monoisotopic (exact) mass is 405 g/mol. The average Bonchev–Trinajstić information content (AvgIpc) is 2.83. The highest BCUT2D eigenvalue weighted by Crippen LogP contribution is 2.28. The van der Waals surface area contributed by atoms with Crippen molar-refractivity contribution in [2.75, 3.05) is 5.32 Å². The summed E-state index contributed by atoms with van der Waals surface area (Å²) in [5.74, 6) is -0.905. The Morgan fingerprint density at radius 1 is 0.871 bits per heavy atom. The molecule has 0 bridgehead atoms. The van der Waals surface area contributed by atoms with Crippen molar-refractivity contribution in [1.29, 1.82) is 5.26 Å². The highest BCUT2D eigenvalue weighted by atomic mass is 16.4. The number of rotatable bonds is 6. The number of hydrogen-bond donors (Lipinski definition) is 2. The molecule has 150 valence electrons. The van der Waals surface area contributed by atoms with E-state index < -0.39 is 5.97 Å². The number of benzene rings is 3. The predicted molar refractivity (Wildman–Crippen MR) is 121 cm³/mol. The van der Waals surface area contributed by atoms with Crippen LogP contribution in [0.5, 0.6) is 0 Å². The van der Waals surface area contributed by atoms with Crippen LogP contribution in [0.3, 0.4) is 0 Å². The molecule has 0 saturated carbocycles. The lowest BCUT2D eigenvalue weighted by atomic mass is 10.0. The first-order valence-electron chi connectivity index (χ1n) is 9.78. The third kappa shape index (κ3) is 4.44. The van der Waals surface area contributed by atoms with Crippen molar-refractivity contribution in [3.63, 3.8) is 0 Å². The zero-order valence-corrected chi connectivity index (χ0v) is 16.6. The normalized spacial score (nSPS) is 10.3. The highest BCUT2D eigenvalue weighted by molar-refractivity contribution is 5.94. The fraction of sp³-hybridized carbons (Fsp3) is 0.0385. The van der Waals surface area contributed by atoms with Crippen molar-refractivity contribution in [3.05, 3.63) is 108 Å². The van der Waals surface area contributed by atoms with Crippen LogP contribution in [0.15, 0.2) is 91.0 Å². The largest absolute Gasteiger partial charge is 0.478 e. The number of nitrogens with one attached hydrogen (secondary N) is 1. The van der Waals surface area contributed by atoms with Gasteiger partial charge in [-0.3, -0.25) is 0 Å². The first kappa shape index (κ1) is 19.9. The van der Waals surface area contributed by atoms with Gasteiger partial charge in [0.1, 0.15) is 17.5 Å². The lowest BCUT2D eigenvalue weighted by Gasteiger charge is -2.12. The van der Waals surface area contributed by atoms with Crippen molar-refractivity contribution in [1.82, 2.24) is 4.98 Å². The number of nitrogens with zero attached hydrogens (tertiary/aromatic N) is 2. The lowest BCUT2D eigenvalue weighted by Crippen LogP contribution is -2.09. The van der Waals surface area contributed by atoms with Crippen LogP contribution in [0.25, 0.3) is 22.4 Å². The molecule has 0 fully saturated rings. The molecule has 31 heavy (non-hydrogen) atoms. The maximum Gasteiger partial charge on any atom is 0.337 e. The lowest BCUT2D eigenvalue weighted by molar-refractivity contribution is 0.0696. The van der Waals surface area contributed by atoms with Gasteiger partial charge in [0, 0.05) is 12.1 Å². The third-order valence-electron chi connectivity index (χ3n) is 4.95. The second-order valence-corrected chi connectivity index (χ2v) is 6.98. The number of pyridine rings is 1. The average molecular weight is 405 g/mol. The summed E-state index contributed by atoms with van der Waals surface area (Å²) in [6, 6.07) is 30.8. The van der Waals surface area contributed by atoms with Crippen LogP contribution in [0.2, 0.25) is 0 Å². The van der Waals surface area contributed by atoms with Crippen LogP contribution in [-0.4, -0.2) is 16.1 Å². The van der Waals surface area contributed by atoms with Gasteiger partial charge in [-0.25, -0.2) is 9.78 Å². The Hall–Kier alpha value is -4.43. The summed E-state index contributed by atoms with van der Waals surface area (Å²) < 4.78 is 0. The van der Waals surface area contributed by atoms with Gasteiger partial charge in [0.2, 0.25) is 0 Å². The molecule has 2 N–H and O–H groups in total. The standard InChI is InChI=1S/C26H19N3O2/c27-16-23-22(26(30)31)15-24(29-25(23)28-17-18-7-3-1-4-8-18)21-13-11-20(12-14-21)19-9-5-2-6-10-19/h1-15H,17H2,(H,28,29)(H,30,31). The molecule has 0 amide bonds. The highest BCUT2D eigenvalue weighted by Gasteiger charge is 2.18. The molecular formula is C26H19N3O2. The van der Waals surface area contributed by atoms with Gasteiger partial charge in [-0.05, 0) is 22.8 Å². The Kier molecular flexibility index (Phi) is 5.72. The second kappa shape index (κ2) is 8.93. The van der Waals surface area contributed by atoms with Crippen LogP contribution < -0.4 is 5.32 Å². The Morgan fingerprint density at radius 2 is 1.45 bits per heavy atom. The van der Waals surface area contributed by atoms with E-state index in [9.17, 15) is 15.2 Å². The predicted octanol–water partition coefficient (Wildman–Crippen LogP) is 5.60. The number of aromatic carboxylic acids is 1. The molecule has 1 heterocycles. The zero-order chi connectivity index (χ0) is 21.6. The number of carboxylic acids is 1. The Labute approximate surface area is 180 Å². The van der Waals surface area contributed by atoms with Gasteiger partial charge in [-0.2, -0.15) is 5.26 Å². The number of carboxylic acid groups (broad SMARTS) is 1. The Bertz CT molecular complexity index is 1250. The van der Waals surface area contributed by atoms with Gasteiger partial charge in [-0.15, -0.1) is 0 Å². The van der Waals surface area contributed by atoms with Gasteiger partial charge >= 0.3 is 5.97 Å².